The summed E-state index contributed by atoms with van der Waals surface area (Å²) >= 11 is 0. The van der Waals surface area contributed by atoms with Gasteiger partial charge in [0.2, 0.25) is 0 Å². The van der Waals surface area contributed by atoms with E-state index in [-0.39, 0.29) is 18.0 Å². The summed E-state index contributed by atoms with van der Waals surface area (Å²) in [5, 5.41) is 42.3. The summed E-state index contributed by atoms with van der Waals surface area (Å²) < 4.78 is 0. The molecule has 0 radical (unpaired) electrons. The number of carboxylic acid groups (broad SMARTS) is 1. The van der Waals surface area contributed by atoms with E-state index in [2.05, 4.69) is 0 Å². The van der Waals surface area contributed by atoms with Crippen LogP contribution in [0.5, 0.6) is 0 Å². The molecule has 1 unspecified atom stereocenters. The number of anilines is 1. The molecule has 3 N–H and O–H groups in total. The van der Waals surface area contributed by atoms with E-state index >= 15 is 0 Å². The number of carboxylic acids is 1. The van der Waals surface area contributed by atoms with E-state index in [1.165, 1.54) is 18.2 Å². The molecule has 0 bridgehead atoms. The molecule has 1 aromatic rings. The third-order valence-electron chi connectivity index (χ3n) is 3.48. The fourth-order valence-corrected chi connectivity index (χ4v) is 2.40. The third kappa shape index (κ3) is 3.60. The Morgan fingerprint density at radius 1 is 1.20 bits per heavy atom. The van der Waals surface area contributed by atoms with E-state index in [1.54, 1.807) is 0 Å². The number of nitrogens with zero attached hydrogens (tertiary/aromatic N) is 4. The van der Waals surface area contributed by atoms with Gasteiger partial charge in [-0.25, -0.2) is 14.9 Å². The SMILES string of the molecule is NCCCC([N+](=O)[O-])[C@@](C(=O)O)(N(c1ccccc1)[N+](=O)[O-])[N+](=O)[O-]. The molecule has 25 heavy (non-hydrogen) atoms. The number of nitrogens with two attached hydrogens (primary N) is 1. The van der Waals surface area contributed by atoms with Crippen LogP contribution in [0.3, 0.4) is 0 Å². The van der Waals surface area contributed by atoms with Crippen LogP contribution in [0.25, 0.3) is 0 Å². The van der Waals surface area contributed by atoms with Crippen LogP contribution in [0.15, 0.2) is 30.3 Å². The molecule has 136 valence electrons. The monoisotopic (exact) mass is 357 g/mol. The van der Waals surface area contributed by atoms with Crippen LogP contribution < -0.4 is 10.7 Å². The average Bonchev–Trinajstić information content (AvgIpc) is 2.53. The molecular weight excluding hydrogens is 342 g/mol. The molecule has 1 aromatic carbocycles. The number of hydrogen-bond donors (Lipinski definition) is 2. The van der Waals surface area contributed by atoms with Gasteiger partial charge in [-0.15, -0.1) is 0 Å². The van der Waals surface area contributed by atoms with Crippen molar-refractivity contribution in [2.75, 3.05) is 11.6 Å². The number of hydrogen-bond acceptors (Lipinski definition) is 8. The second kappa shape index (κ2) is 7.96. The van der Waals surface area contributed by atoms with Crippen molar-refractivity contribution in [3.8, 4) is 0 Å². The van der Waals surface area contributed by atoms with Gasteiger partial charge < -0.3 is 10.8 Å². The minimum absolute atomic E-state index is 0.110. The van der Waals surface area contributed by atoms with Gasteiger partial charge >= 0.3 is 17.7 Å². The Bertz CT molecular complexity index is 653. The number of para-hydroxylation sites is 1. The minimum atomic E-state index is -3.65. The Hall–Kier alpha value is -3.35. The molecule has 0 spiro atoms. The summed E-state index contributed by atoms with van der Waals surface area (Å²) in [7, 11) is 0. The third-order valence-corrected chi connectivity index (χ3v) is 3.48. The van der Waals surface area contributed by atoms with Crippen LogP contribution in [0.2, 0.25) is 0 Å². The van der Waals surface area contributed by atoms with Crippen LogP contribution in [0.1, 0.15) is 12.8 Å². The van der Waals surface area contributed by atoms with Gasteiger partial charge in [-0.3, -0.25) is 20.2 Å². The van der Waals surface area contributed by atoms with Crippen LogP contribution >= 0.6 is 0 Å². The molecule has 0 fully saturated rings. The van der Waals surface area contributed by atoms with E-state index in [1.807, 2.05) is 0 Å². The highest BCUT2D eigenvalue weighted by atomic mass is 16.7. The first-order valence-corrected chi connectivity index (χ1v) is 6.92. The van der Waals surface area contributed by atoms with Gasteiger partial charge in [0.15, 0.2) is 5.03 Å². The summed E-state index contributed by atoms with van der Waals surface area (Å²) in [5.74, 6) is -2.32. The standard InChI is InChI=1S/C12H15N5O8/c13-8-4-7-10(15(20)21)12(11(18)19,16(22)23)14(17(24)25)9-5-2-1-3-6-9/h1-3,5-6,10H,4,7-8,13H2,(H,18,19)/t10?,12-/m1/s1. The lowest BCUT2D eigenvalue weighted by molar-refractivity contribution is -0.680. The number of nitro groups is 3. The predicted octanol–water partition coefficient (Wildman–Crippen LogP) is 0.127. The molecule has 0 aromatic heterocycles. The van der Waals surface area contributed by atoms with Crippen molar-refractivity contribution in [3.63, 3.8) is 0 Å². The molecular formula is C12H15N5O8. The smallest absolute Gasteiger partial charge is 0.474 e. The summed E-state index contributed by atoms with van der Waals surface area (Å²) in [5.41, 5.74) is 1.10. The van der Waals surface area contributed by atoms with Crippen molar-refractivity contribution in [1.82, 2.24) is 0 Å². The van der Waals surface area contributed by atoms with Gasteiger partial charge in [0.05, 0.1) is 4.92 Å². The van der Waals surface area contributed by atoms with Gasteiger partial charge in [-0.2, -0.15) is 0 Å². The zero-order valence-corrected chi connectivity index (χ0v) is 12.8. The molecule has 0 amide bonds. The lowest BCUT2D eigenvalue weighted by Gasteiger charge is -2.28. The molecule has 0 heterocycles. The maximum Gasteiger partial charge on any atom is 0.509 e. The first-order valence-electron chi connectivity index (χ1n) is 6.92. The summed E-state index contributed by atoms with van der Waals surface area (Å²) in [6.07, 6.45) is -0.761. The zero-order valence-electron chi connectivity index (χ0n) is 12.8. The molecule has 13 nitrogen and oxygen atoms in total. The van der Waals surface area contributed by atoms with Crippen molar-refractivity contribution >= 4 is 11.7 Å². The van der Waals surface area contributed by atoms with Crippen molar-refractivity contribution < 1.29 is 24.8 Å². The van der Waals surface area contributed by atoms with Gasteiger partial charge in [-0.1, -0.05) is 18.2 Å². The van der Waals surface area contributed by atoms with Crippen LogP contribution in [0, 0.1) is 30.3 Å². The fraction of sp³-hybridized carbons (Fsp3) is 0.417. The van der Waals surface area contributed by atoms with Crippen molar-refractivity contribution in [2.24, 2.45) is 5.73 Å². The summed E-state index contributed by atoms with van der Waals surface area (Å²) in [4.78, 5) is 43.5. The van der Waals surface area contributed by atoms with Crippen LogP contribution in [-0.4, -0.2) is 44.2 Å². The maximum atomic E-state index is 11.8. The van der Waals surface area contributed by atoms with E-state index in [9.17, 15) is 40.2 Å². The van der Waals surface area contributed by atoms with Crippen LogP contribution in [0.4, 0.5) is 5.69 Å². The maximum absolute atomic E-state index is 11.8. The lowest BCUT2D eigenvalue weighted by Crippen LogP contribution is -2.70. The van der Waals surface area contributed by atoms with E-state index < -0.39 is 44.7 Å². The van der Waals surface area contributed by atoms with Crippen molar-refractivity contribution in [1.29, 1.82) is 0 Å². The average molecular weight is 357 g/mol. The van der Waals surface area contributed by atoms with Crippen molar-refractivity contribution in [2.45, 2.75) is 24.5 Å². The fourth-order valence-electron chi connectivity index (χ4n) is 2.40. The molecule has 1 rings (SSSR count). The molecule has 0 aliphatic carbocycles. The van der Waals surface area contributed by atoms with Gasteiger partial charge in [0.1, 0.15) is 5.69 Å². The van der Waals surface area contributed by atoms with E-state index in [0.717, 1.165) is 12.1 Å². The predicted molar refractivity (Wildman–Crippen MR) is 82.3 cm³/mol. The molecule has 0 aliphatic rings. The molecule has 13 heteroatoms. The zero-order chi connectivity index (χ0) is 19.2. The van der Waals surface area contributed by atoms with E-state index in [4.69, 9.17) is 5.73 Å². The number of rotatable bonds is 10. The Morgan fingerprint density at radius 2 is 1.76 bits per heavy atom. The topological polar surface area (TPSA) is 196 Å². The largest absolute Gasteiger partial charge is 0.509 e. The Morgan fingerprint density at radius 3 is 2.12 bits per heavy atom. The molecule has 2 atom stereocenters. The first-order chi connectivity index (χ1) is 11.7. The second-order valence-electron chi connectivity index (χ2n) is 4.91. The highest BCUT2D eigenvalue weighted by molar-refractivity contribution is 5.81. The number of benzene rings is 1. The Balaban J connectivity index is 3.74. The molecule has 0 aliphatic heterocycles. The number of carbonyl (C=O) groups is 1. The Labute approximate surface area is 140 Å². The summed E-state index contributed by atoms with van der Waals surface area (Å²) in [6, 6.07) is 3.68. The van der Waals surface area contributed by atoms with Gasteiger partial charge in [0, 0.05) is 11.3 Å². The molecule has 0 saturated heterocycles. The number of aliphatic carboxylic acids is 1. The lowest BCUT2D eigenvalue weighted by atomic mass is 9.95. The quantitative estimate of drug-likeness (QED) is 0.329. The van der Waals surface area contributed by atoms with Gasteiger partial charge in [-0.05, 0) is 30.1 Å². The van der Waals surface area contributed by atoms with E-state index in [0.29, 0.717) is 0 Å². The Kier molecular flexibility index (Phi) is 6.27. The first kappa shape index (κ1) is 19.7. The summed E-state index contributed by atoms with van der Waals surface area (Å²) in [6.45, 7) is -0.110. The normalized spacial score (nSPS) is 14.1. The van der Waals surface area contributed by atoms with Gasteiger partial charge in [0.25, 0.3) is 0 Å². The van der Waals surface area contributed by atoms with Crippen molar-refractivity contribution in [3.05, 3.63) is 60.7 Å². The highest BCUT2D eigenvalue weighted by Crippen LogP contribution is 2.32. The molecule has 0 saturated carbocycles. The minimum Gasteiger partial charge on any atom is -0.474 e. The number of hydrazine groups is 1. The van der Waals surface area contributed by atoms with Crippen LogP contribution in [-0.2, 0) is 4.79 Å². The second-order valence-corrected chi connectivity index (χ2v) is 4.91. The highest BCUT2D eigenvalue weighted by Gasteiger charge is 2.74.